The van der Waals surface area contributed by atoms with Gasteiger partial charge in [0, 0.05) is 5.41 Å². The molecular formula is C17H21Cl3O4. The molecule has 0 N–H and O–H groups in total. The van der Waals surface area contributed by atoms with Crippen molar-refractivity contribution in [2.45, 2.75) is 49.5 Å². The van der Waals surface area contributed by atoms with E-state index in [2.05, 4.69) is 0 Å². The molecule has 0 unspecified atom stereocenters. The Kier molecular flexibility index (Phi) is 6.43. The molecule has 1 fully saturated rings. The van der Waals surface area contributed by atoms with Crippen LogP contribution in [0.25, 0.3) is 0 Å². The molecule has 134 valence electrons. The van der Waals surface area contributed by atoms with Gasteiger partial charge in [-0.1, -0.05) is 79.0 Å². The number of esters is 1. The Labute approximate surface area is 157 Å². The van der Waals surface area contributed by atoms with E-state index in [4.69, 9.17) is 49.0 Å². The Bertz CT molecular complexity index is 557. The maximum atomic E-state index is 12.0. The lowest BCUT2D eigenvalue weighted by atomic mass is 9.75. The topological polar surface area (TPSA) is 44.8 Å². The first-order valence-corrected chi connectivity index (χ1v) is 8.87. The molecule has 4 nitrogen and oxygen atoms in total. The molecule has 24 heavy (non-hydrogen) atoms. The summed E-state index contributed by atoms with van der Waals surface area (Å²) in [7, 11) is 0. The molecule has 1 aromatic carbocycles. The van der Waals surface area contributed by atoms with Gasteiger partial charge in [-0.05, 0) is 12.5 Å². The van der Waals surface area contributed by atoms with Gasteiger partial charge in [0.15, 0.2) is 0 Å². The zero-order valence-electron chi connectivity index (χ0n) is 13.8. The first-order valence-electron chi connectivity index (χ1n) is 7.74. The highest BCUT2D eigenvalue weighted by molar-refractivity contribution is 6.67. The van der Waals surface area contributed by atoms with Crippen molar-refractivity contribution in [3.63, 3.8) is 0 Å². The van der Waals surface area contributed by atoms with Crippen LogP contribution in [0.1, 0.15) is 38.9 Å². The van der Waals surface area contributed by atoms with Crippen molar-refractivity contribution in [2.75, 3.05) is 6.61 Å². The van der Waals surface area contributed by atoms with Crippen molar-refractivity contribution >= 4 is 40.8 Å². The maximum absolute atomic E-state index is 12.0. The summed E-state index contributed by atoms with van der Waals surface area (Å²) in [6.45, 7) is 5.98. The molecule has 7 heteroatoms. The van der Waals surface area contributed by atoms with Gasteiger partial charge >= 0.3 is 5.97 Å². The summed E-state index contributed by atoms with van der Waals surface area (Å²) >= 11 is 18.0. The van der Waals surface area contributed by atoms with Crippen LogP contribution in [0.2, 0.25) is 0 Å². The molecule has 0 aliphatic carbocycles. The average molecular weight is 396 g/mol. The summed E-state index contributed by atoms with van der Waals surface area (Å²) in [5.74, 6) is -0.354. The highest BCUT2D eigenvalue weighted by atomic mass is 35.6. The zero-order chi connectivity index (χ0) is 18.0. The number of hydrogen-bond acceptors (Lipinski definition) is 4. The van der Waals surface area contributed by atoms with Gasteiger partial charge < -0.3 is 14.2 Å². The fourth-order valence-corrected chi connectivity index (χ4v) is 3.11. The lowest BCUT2D eigenvalue weighted by Gasteiger charge is -2.48. The second kappa shape index (κ2) is 7.79. The number of hydrogen-bond donors (Lipinski definition) is 0. The molecule has 1 aliphatic rings. The van der Waals surface area contributed by atoms with Gasteiger partial charge in [0.05, 0.1) is 25.2 Å². The third-order valence-electron chi connectivity index (χ3n) is 4.08. The minimum Gasteiger partial charge on any atom is -0.466 e. The highest BCUT2D eigenvalue weighted by Gasteiger charge is 2.52. The van der Waals surface area contributed by atoms with Crippen molar-refractivity contribution in [1.82, 2.24) is 0 Å². The van der Waals surface area contributed by atoms with Crippen LogP contribution in [-0.4, -0.2) is 28.8 Å². The quantitative estimate of drug-likeness (QED) is 0.541. The van der Waals surface area contributed by atoms with Crippen molar-refractivity contribution in [3.8, 4) is 0 Å². The second-order valence-electron chi connectivity index (χ2n) is 6.26. The summed E-state index contributed by atoms with van der Waals surface area (Å²) in [6.07, 6.45) is -1.94. The number of carbonyl (C=O) groups is 1. The molecule has 0 saturated carbocycles. The van der Waals surface area contributed by atoms with Crippen molar-refractivity contribution in [1.29, 1.82) is 0 Å². The predicted molar refractivity (Wildman–Crippen MR) is 94.3 cm³/mol. The summed E-state index contributed by atoms with van der Waals surface area (Å²) in [4.78, 5) is 12.0. The van der Waals surface area contributed by atoms with Crippen LogP contribution in [0.15, 0.2) is 30.3 Å². The van der Waals surface area contributed by atoms with Gasteiger partial charge in [0.25, 0.3) is 0 Å². The first kappa shape index (κ1) is 19.8. The van der Waals surface area contributed by atoms with Crippen molar-refractivity contribution in [3.05, 3.63) is 35.9 Å². The molecule has 1 saturated heterocycles. The largest absolute Gasteiger partial charge is 0.466 e. The van der Waals surface area contributed by atoms with Crippen molar-refractivity contribution in [2.24, 2.45) is 5.41 Å². The number of ether oxygens (including phenoxy) is 3. The smallest absolute Gasteiger partial charge is 0.308 e. The van der Waals surface area contributed by atoms with Gasteiger partial charge in [-0.3, -0.25) is 4.79 Å². The minimum absolute atomic E-state index is 0.0603. The Balaban J connectivity index is 2.33. The number of benzene rings is 1. The lowest BCUT2D eigenvalue weighted by molar-refractivity contribution is -0.295. The predicted octanol–water partition coefficient (Wildman–Crippen LogP) is 4.82. The third-order valence-corrected chi connectivity index (χ3v) is 4.61. The standard InChI is InChI=1S/C17H21Cl3O4/c1-4-22-13(21)10-12-16(2,3)14(11-8-6-5-7-9-11)24-15(23-12)17(18,19)20/h5-9,12,14-15H,4,10H2,1-3H3/t12-,14+,15-/m0/s1. The van der Waals surface area contributed by atoms with Gasteiger partial charge in [0.1, 0.15) is 0 Å². The van der Waals surface area contributed by atoms with E-state index in [-0.39, 0.29) is 12.4 Å². The van der Waals surface area contributed by atoms with E-state index in [1.165, 1.54) is 0 Å². The second-order valence-corrected chi connectivity index (χ2v) is 8.62. The average Bonchev–Trinajstić information content (AvgIpc) is 2.49. The Morgan fingerprint density at radius 3 is 2.38 bits per heavy atom. The SMILES string of the molecule is CCOC(=O)C[C@@H]1O[C@H](C(Cl)(Cl)Cl)O[C@H](c2ccccc2)C1(C)C. The summed E-state index contributed by atoms with van der Waals surface area (Å²) in [5, 5.41) is 0. The monoisotopic (exact) mass is 394 g/mol. The first-order chi connectivity index (χ1) is 11.2. The Hall–Kier alpha value is -0.520. The minimum atomic E-state index is -1.77. The molecule has 0 amide bonds. The molecule has 1 aromatic rings. The van der Waals surface area contributed by atoms with E-state index in [1.807, 2.05) is 44.2 Å². The molecule has 0 radical (unpaired) electrons. The van der Waals surface area contributed by atoms with Crippen LogP contribution >= 0.6 is 34.8 Å². The van der Waals surface area contributed by atoms with E-state index in [1.54, 1.807) is 6.92 Å². The molecule has 0 aromatic heterocycles. The molecule has 1 aliphatic heterocycles. The summed E-state index contributed by atoms with van der Waals surface area (Å²) in [6, 6.07) is 9.62. The zero-order valence-corrected chi connectivity index (χ0v) is 16.1. The number of alkyl halides is 3. The molecule has 3 atom stereocenters. The van der Waals surface area contributed by atoms with Gasteiger partial charge in [0.2, 0.25) is 10.1 Å². The lowest BCUT2D eigenvalue weighted by Crippen LogP contribution is -2.52. The molecule has 0 bridgehead atoms. The fourth-order valence-electron chi connectivity index (χ4n) is 2.80. The molecule has 1 heterocycles. The molecule has 2 rings (SSSR count). The Morgan fingerprint density at radius 1 is 1.21 bits per heavy atom. The van der Waals surface area contributed by atoms with Crippen LogP contribution in [0.4, 0.5) is 0 Å². The molecule has 0 spiro atoms. The number of rotatable bonds is 4. The van der Waals surface area contributed by atoms with Gasteiger partial charge in [-0.15, -0.1) is 0 Å². The van der Waals surface area contributed by atoms with Crippen molar-refractivity contribution < 1.29 is 19.0 Å². The number of halogens is 3. The van der Waals surface area contributed by atoms with E-state index in [0.29, 0.717) is 6.61 Å². The van der Waals surface area contributed by atoms with Crippen LogP contribution in [0.5, 0.6) is 0 Å². The normalized spacial score (nSPS) is 26.8. The van der Waals surface area contributed by atoms with Gasteiger partial charge in [-0.25, -0.2) is 0 Å². The third kappa shape index (κ3) is 4.55. The van der Waals surface area contributed by atoms with E-state index >= 15 is 0 Å². The highest BCUT2D eigenvalue weighted by Crippen LogP contribution is 2.50. The van der Waals surface area contributed by atoms with Crippen LogP contribution in [0, 0.1) is 5.41 Å². The van der Waals surface area contributed by atoms with Crippen LogP contribution in [0.3, 0.4) is 0 Å². The van der Waals surface area contributed by atoms with E-state index < -0.39 is 27.7 Å². The molecular weight excluding hydrogens is 375 g/mol. The summed E-state index contributed by atoms with van der Waals surface area (Å²) in [5.41, 5.74) is 0.402. The maximum Gasteiger partial charge on any atom is 0.308 e. The van der Waals surface area contributed by atoms with Crippen LogP contribution in [-0.2, 0) is 19.0 Å². The van der Waals surface area contributed by atoms with E-state index in [9.17, 15) is 4.79 Å². The van der Waals surface area contributed by atoms with E-state index in [0.717, 1.165) is 5.56 Å². The van der Waals surface area contributed by atoms with Gasteiger partial charge in [-0.2, -0.15) is 0 Å². The fraction of sp³-hybridized carbons (Fsp3) is 0.588. The van der Waals surface area contributed by atoms with Crippen LogP contribution < -0.4 is 0 Å². The summed E-state index contributed by atoms with van der Waals surface area (Å²) < 4.78 is 15.0. The Morgan fingerprint density at radius 2 is 1.83 bits per heavy atom. The number of carbonyl (C=O) groups excluding carboxylic acids is 1.